The van der Waals surface area contributed by atoms with Gasteiger partial charge in [-0.05, 0) is 47.0 Å². The second-order valence-corrected chi connectivity index (χ2v) is 6.63. The van der Waals surface area contributed by atoms with Crippen LogP contribution in [0.4, 0.5) is 5.69 Å². The van der Waals surface area contributed by atoms with Gasteiger partial charge in [-0.3, -0.25) is 4.79 Å². The van der Waals surface area contributed by atoms with Crippen LogP contribution in [-0.4, -0.2) is 27.5 Å². The average molecular weight is 365 g/mol. The van der Waals surface area contributed by atoms with Crippen LogP contribution in [-0.2, 0) is 19.6 Å². The van der Waals surface area contributed by atoms with Crippen molar-refractivity contribution in [2.45, 2.75) is 25.2 Å². The number of anilines is 1. The van der Waals surface area contributed by atoms with Gasteiger partial charge in [0.1, 0.15) is 6.61 Å². The van der Waals surface area contributed by atoms with E-state index in [0.29, 0.717) is 22.3 Å². The van der Waals surface area contributed by atoms with Crippen molar-refractivity contribution in [3.63, 3.8) is 0 Å². The zero-order valence-electron chi connectivity index (χ0n) is 11.3. The Morgan fingerprint density at radius 2 is 2.10 bits per heavy atom. The first-order chi connectivity index (χ1) is 9.25. The lowest BCUT2D eigenvalue weighted by Crippen LogP contribution is -2.19. The summed E-state index contributed by atoms with van der Waals surface area (Å²) in [5.41, 5.74) is 0.931. The highest BCUT2D eigenvalue weighted by Gasteiger charge is 2.15. The van der Waals surface area contributed by atoms with Crippen molar-refractivity contribution in [2.75, 3.05) is 18.5 Å². The van der Waals surface area contributed by atoms with Gasteiger partial charge in [0.25, 0.3) is 0 Å². The highest BCUT2D eigenvalue weighted by molar-refractivity contribution is 9.10. The molecule has 0 bridgehead atoms. The summed E-state index contributed by atoms with van der Waals surface area (Å²) in [7, 11) is -3.79. The highest BCUT2D eigenvalue weighted by atomic mass is 79.9. The van der Waals surface area contributed by atoms with Crippen molar-refractivity contribution >= 4 is 37.5 Å². The molecule has 0 heterocycles. The summed E-state index contributed by atoms with van der Waals surface area (Å²) in [6.07, 6.45) is 0.832. The van der Waals surface area contributed by atoms with Crippen molar-refractivity contribution in [3.05, 3.63) is 22.2 Å². The molecule has 0 aliphatic heterocycles. The van der Waals surface area contributed by atoms with E-state index < -0.39 is 10.0 Å². The van der Waals surface area contributed by atoms with Crippen molar-refractivity contribution in [2.24, 2.45) is 5.14 Å². The van der Waals surface area contributed by atoms with Crippen LogP contribution in [0.5, 0.6) is 0 Å². The highest BCUT2D eigenvalue weighted by Crippen LogP contribution is 2.28. The summed E-state index contributed by atoms with van der Waals surface area (Å²) in [5.74, 6) is -0.304. The van der Waals surface area contributed by atoms with E-state index in [1.165, 1.54) is 6.07 Å². The minimum Gasteiger partial charge on any atom is -0.372 e. The van der Waals surface area contributed by atoms with E-state index in [4.69, 9.17) is 9.88 Å². The summed E-state index contributed by atoms with van der Waals surface area (Å²) >= 11 is 3.21. The Morgan fingerprint density at radius 3 is 2.65 bits per heavy atom. The Morgan fingerprint density at radius 1 is 1.45 bits per heavy atom. The van der Waals surface area contributed by atoms with Crippen LogP contribution in [0.15, 0.2) is 21.5 Å². The lowest BCUT2D eigenvalue weighted by Gasteiger charge is -2.11. The van der Waals surface area contributed by atoms with Gasteiger partial charge in [0.15, 0.2) is 0 Å². The number of carbonyl (C=O) groups is 1. The van der Waals surface area contributed by atoms with Gasteiger partial charge in [-0.15, -0.1) is 0 Å². The molecule has 1 amide bonds. The second-order valence-electron chi connectivity index (χ2n) is 4.24. The summed E-state index contributed by atoms with van der Waals surface area (Å²) < 4.78 is 28.3. The van der Waals surface area contributed by atoms with Crippen LogP contribution < -0.4 is 10.5 Å². The third kappa shape index (κ3) is 4.86. The van der Waals surface area contributed by atoms with Gasteiger partial charge in [0, 0.05) is 11.1 Å². The molecule has 0 aliphatic rings. The largest absolute Gasteiger partial charge is 0.372 e. The average Bonchev–Trinajstić information content (AvgIpc) is 2.32. The molecule has 0 unspecified atom stereocenters. The summed E-state index contributed by atoms with van der Waals surface area (Å²) in [5, 5.41) is 7.75. The summed E-state index contributed by atoms with van der Waals surface area (Å²) in [4.78, 5) is 11.7. The number of rotatable bonds is 6. The molecule has 0 fully saturated rings. The number of hydrogen-bond acceptors (Lipinski definition) is 4. The molecule has 1 aromatic rings. The lowest BCUT2D eigenvalue weighted by atomic mass is 10.2. The first-order valence-electron chi connectivity index (χ1n) is 5.96. The topological polar surface area (TPSA) is 98.5 Å². The number of primary sulfonamides is 1. The molecule has 8 heteroatoms. The van der Waals surface area contributed by atoms with Crippen LogP contribution in [0, 0.1) is 6.92 Å². The maximum Gasteiger partial charge on any atom is 0.250 e. The number of nitrogens with one attached hydrogen (secondary N) is 1. The molecule has 0 spiro atoms. The molecule has 3 N–H and O–H groups in total. The molecule has 1 rings (SSSR count). The van der Waals surface area contributed by atoms with Gasteiger partial charge in [-0.2, -0.15) is 0 Å². The van der Waals surface area contributed by atoms with Crippen LogP contribution in [0.3, 0.4) is 0 Å². The molecular formula is C12H17BrN2O4S. The molecular weight excluding hydrogens is 348 g/mol. The SMILES string of the molecule is CCCOCC(=O)Nc1cc(C)c(S(N)(=O)=O)cc1Br. The molecule has 1 aromatic carbocycles. The number of amides is 1. The van der Waals surface area contributed by atoms with Gasteiger partial charge in [-0.25, -0.2) is 13.6 Å². The predicted molar refractivity (Wildman–Crippen MR) is 80.0 cm³/mol. The van der Waals surface area contributed by atoms with Crippen molar-refractivity contribution in [3.8, 4) is 0 Å². The second kappa shape index (κ2) is 7.16. The molecule has 0 atom stereocenters. The maximum atomic E-state index is 11.6. The third-order valence-corrected chi connectivity index (χ3v) is 4.14. The fourth-order valence-corrected chi connectivity index (χ4v) is 2.94. The first kappa shape index (κ1) is 17.1. The van der Waals surface area contributed by atoms with Crippen LogP contribution in [0.25, 0.3) is 0 Å². The van der Waals surface area contributed by atoms with Crippen LogP contribution in [0.2, 0.25) is 0 Å². The van der Waals surface area contributed by atoms with E-state index >= 15 is 0 Å². The minimum atomic E-state index is -3.79. The van der Waals surface area contributed by atoms with E-state index in [1.807, 2.05) is 6.92 Å². The Labute approximate surface area is 126 Å². The van der Waals surface area contributed by atoms with E-state index in [1.54, 1.807) is 13.0 Å². The Balaban J connectivity index is 2.88. The number of carbonyl (C=O) groups excluding carboxylic acids is 1. The molecule has 6 nitrogen and oxygen atoms in total. The number of aryl methyl sites for hydroxylation is 1. The monoisotopic (exact) mass is 364 g/mol. The fourth-order valence-electron chi connectivity index (χ4n) is 1.56. The Kier molecular flexibility index (Phi) is 6.12. The number of nitrogens with two attached hydrogens (primary N) is 1. The van der Waals surface area contributed by atoms with E-state index in [0.717, 1.165) is 6.42 Å². The fraction of sp³-hybridized carbons (Fsp3) is 0.417. The molecule has 20 heavy (non-hydrogen) atoms. The zero-order valence-corrected chi connectivity index (χ0v) is 13.7. The van der Waals surface area contributed by atoms with Gasteiger partial charge in [0.2, 0.25) is 15.9 Å². The lowest BCUT2D eigenvalue weighted by molar-refractivity contribution is -0.120. The van der Waals surface area contributed by atoms with Gasteiger partial charge in [-0.1, -0.05) is 6.92 Å². The molecule has 0 saturated heterocycles. The van der Waals surface area contributed by atoms with Crippen molar-refractivity contribution in [1.82, 2.24) is 0 Å². The summed E-state index contributed by atoms with van der Waals surface area (Å²) in [6, 6.07) is 2.91. The van der Waals surface area contributed by atoms with Crippen molar-refractivity contribution < 1.29 is 17.9 Å². The van der Waals surface area contributed by atoms with E-state index in [-0.39, 0.29) is 17.4 Å². The molecule has 0 aromatic heterocycles. The molecule has 0 radical (unpaired) electrons. The Hall–Kier alpha value is -0.960. The summed E-state index contributed by atoms with van der Waals surface area (Å²) in [6.45, 7) is 4.02. The normalized spacial score (nSPS) is 11.4. The van der Waals surface area contributed by atoms with Crippen LogP contribution in [0.1, 0.15) is 18.9 Å². The predicted octanol–water partition coefficient (Wildman–Crippen LogP) is 1.77. The number of hydrogen-bond donors (Lipinski definition) is 2. The third-order valence-electron chi connectivity index (χ3n) is 2.43. The number of ether oxygens (including phenoxy) is 1. The van der Waals surface area contributed by atoms with Gasteiger partial charge < -0.3 is 10.1 Å². The maximum absolute atomic E-state index is 11.6. The minimum absolute atomic E-state index is 0.0182. The smallest absolute Gasteiger partial charge is 0.250 e. The van der Waals surface area contributed by atoms with Gasteiger partial charge in [0.05, 0.1) is 10.6 Å². The number of benzene rings is 1. The van der Waals surface area contributed by atoms with Gasteiger partial charge >= 0.3 is 0 Å². The van der Waals surface area contributed by atoms with E-state index in [2.05, 4.69) is 21.2 Å². The number of sulfonamides is 1. The molecule has 0 aliphatic carbocycles. The quantitative estimate of drug-likeness (QED) is 0.751. The van der Waals surface area contributed by atoms with E-state index in [9.17, 15) is 13.2 Å². The number of halogens is 1. The molecule has 0 saturated carbocycles. The van der Waals surface area contributed by atoms with Crippen molar-refractivity contribution in [1.29, 1.82) is 0 Å². The standard InChI is InChI=1S/C12H17BrN2O4S/c1-3-4-19-7-12(16)15-10-5-8(2)11(6-9(10)13)20(14,17)18/h5-6H,3-4,7H2,1-2H3,(H,15,16)(H2,14,17,18). The van der Waals surface area contributed by atoms with Crippen LogP contribution >= 0.6 is 15.9 Å². The first-order valence-corrected chi connectivity index (χ1v) is 8.30. The zero-order chi connectivity index (χ0) is 15.3. The Bertz CT molecular complexity index is 602. The molecule has 112 valence electrons.